The molecular weight excluding hydrogens is 179 g/mol. The van der Waals surface area contributed by atoms with E-state index < -0.39 is 29.4 Å². The molecule has 0 nitrogen and oxygen atoms in total. The summed E-state index contributed by atoms with van der Waals surface area (Å²) in [5.41, 5.74) is -1.13. The zero-order chi connectivity index (χ0) is 9.30. The highest BCUT2D eigenvalue weighted by molar-refractivity contribution is 5.21. The van der Waals surface area contributed by atoms with E-state index in [9.17, 15) is 22.0 Å². The van der Waals surface area contributed by atoms with Gasteiger partial charge in [0.15, 0.2) is 17.5 Å². The highest BCUT2D eigenvalue weighted by atomic mass is 19.3. The van der Waals surface area contributed by atoms with Crippen molar-refractivity contribution in [3.8, 4) is 0 Å². The second-order valence-corrected chi connectivity index (χ2v) is 2.07. The molecule has 5 heteroatoms. The molecule has 0 aliphatic carbocycles. The molecule has 0 radical (unpaired) electrons. The molecule has 0 fully saturated rings. The Balaban J connectivity index is 3.27. The van der Waals surface area contributed by atoms with Crippen molar-refractivity contribution in [2.24, 2.45) is 0 Å². The Labute approximate surface area is 64.6 Å². The van der Waals surface area contributed by atoms with Crippen molar-refractivity contribution in [1.29, 1.82) is 0 Å². The Kier molecular flexibility index (Phi) is 2.30. The smallest absolute Gasteiger partial charge is 0.205 e. The number of hydrogen-bond acceptors (Lipinski definition) is 0. The van der Waals surface area contributed by atoms with Crippen molar-refractivity contribution in [2.45, 2.75) is 6.43 Å². The molecule has 0 aliphatic rings. The predicted molar refractivity (Wildman–Crippen MR) is 31.3 cm³/mol. The summed E-state index contributed by atoms with van der Waals surface area (Å²) in [5.74, 6) is -5.17. The van der Waals surface area contributed by atoms with Crippen molar-refractivity contribution < 1.29 is 22.0 Å². The highest BCUT2D eigenvalue weighted by Crippen LogP contribution is 2.24. The average molecular weight is 182 g/mol. The molecule has 0 saturated heterocycles. The topological polar surface area (TPSA) is 0 Å². The fraction of sp³-hybridized carbons (Fsp3) is 0.143. The van der Waals surface area contributed by atoms with E-state index in [1.54, 1.807) is 0 Å². The molecule has 0 spiro atoms. The molecule has 0 aromatic heterocycles. The molecule has 1 rings (SSSR count). The zero-order valence-electron chi connectivity index (χ0n) is 5.62. The molecule has 0 atom stereocenters. The first-order chi connectivity index (χ1) is 5.54. The summed E-state index contributed by atoms with van der Waals surface area (Å²) in [4.78, 5) is 0. The van der Waals surface area contributed by atoms with Crippen LogP contribution in [0.3, 0.4) is 0 Å². The van der Waals surface area contributed by atoms with Crippen LogP contribution in [0.5, 0.6) is 0 Å². The molecule has 0 N–H and O–H groups in total. The first-order valence-electron chi connectivity index (χ1n) is 2.95. The van der Waals surface area contributed by atoms with Crippen LogP contribution in [0.4, 0.5) is 22.0 Å². The highest BCUT2D eigenvalue weighted by Gasteiger charge is 2.19. The first-order valence-corrected chi connectivity index (χ1v) is 2.95. The summed E-state index contributed by atoms with van der Waals surface area (Å²) < 4.78 is 60.5. The maximum atomic E-state index is 12.4. The fourth-order valence-electron chi connectivity index (χ4n) is 0.709. The second kappa shape index (κ2) is 3.08. The average Bonchev–Trinajstić information content (AvgIpc) is 2.00. The number of benzene rings is 1. The maximum Gasteiger partial charge on any atom is 0.266 e. The van der Waals surface area contributed by atoms with Crippen LogP contribution in [-0.4, -0.2) is 0 Å². The van der Waals surface area contributed by atoms with E-state index in [1.807, 2.05) is 0 Å². The van der Waals surface area contributed by atoms with E-state index in [2.05, 4.69) is 0 Å². The second-order valence-electron chi connectivity index (χ2n) is 2.07. The van der Waals surface area contributed by atoms with Crippen LogP contribution < -0.4 is 0 Å². The van der Waals surface area contributed by atoms with Gasteiger partial charge in [0.05, 0.1) is 5.56 Å². The molecule has 1 aromatic carbocycles. The van der Waals surface area contributed by atoms with Crippen LogP contribution in [0.15, 0.2) is 12.1 Å². The minimum absolute atomic E-state index is 0.458. The fourth-order valence-corrected chi connectivity index (χ4v) is 0.709. The Morgan fingerprint density at radius 2 is 1.50 bits per heavy atom. The normalized spacial score (nSPS) is 10.8. The SMILES string of the molecule is Fc1ccc(C(F)F)c(F)c1F. The summed E-state index contributed by atoms with van der Waals surface area (Å²) in [5, 5.41) is 0. The van der Waals surface area contributed by atoms with Gasteiger partial charge in [-0.3, -0.25) is 0 Å². The molecule has 0 heterocycles. The van der Waals surface area contributed by atoms with E-state index in [0.717, 1.165) is 0 Å². The standard InChI is InChI=1S/C7H3F5/c8-4-2-1-3(7(11)12)5(9)6(4)10/h1-2,7H. The number of rotatable bonds is 1. The van der Waals surface area contributed by atoms with Crippen LogP contribution in [0.1, 0.15) is 12.0 Å². The summed E-state index contributed by atoms with van der Waals surface area (Å²) in [6, 6.07) is 0.971. The molecule has 66 valence electrons. The Morgan fingerprint density at radius 3 is 2.00 bits per heavy atom. The molecule has 12 heavy (non-hydrogen) atoms. The van der Waals surface area contributed by atoms with Gasteiger partial charge < -0.3 is 0 Å². The Hall–Kier alpha value is -1.13. The van der Waals surface area contributed by atoms with Gasteiger partial charge in [-0.05, 0) is 12.1 Å². The lowest BCUT2D eigenvalue weighted by atomic mass is 10.2. The third-order valence-corrected chi connectivity index (χ3v) is 1.30. The van der Waals surface area contributed by atoms with Crippen LogP contribution in [-0.2, 0) is 0 Å². The Bertz CT molecular complexity index is 294. The molecular formula is C7H3F5. The van der Waals surface area contributed by atoms with Crippen molar-refractivity contribution >= 4 is 0 Å². The third kappa shape index (κ3) is 1.39. The van der Waals surface area contributed by atoms with Gasteiger partial charge >= 0.3 is 0 Å². The molecule has 0 saturated carbocycles. The van der Waals surface area contributed by atoms with Crippen molar-refractivity contribution in [1.82, 2.24) is 0 Å². The van der Waals surface area contributed by atoms with Gasteiger partial charge in [-0.1, -0.05) is 0 Å². The lowest BCUT2D eigenvalue weighted by Gasteiger charge is -2.01. The van der Waals surface area contributed by atoms with Crippen LogP contribution in [0, 0.1) is 17.5 Å². The van der Waals surface area contributed by atoms with E-state index in [4.69, 9.17) is 0 Å². The lowest BCUT2D eigenvalue weighted by Crippen LogP contribution is -1.97. The third-order valence-electron chi connectivity index (χ3n) is 1.30. The molecule has 0 unspecified atom stereocenters. The van der Waals surface area contributed by atoms with Gasteiger partial charge in [-0.15, -0.1) is 0 Å². The zero-order valence-corrected chi connectivity index (χ0v) is 5.62. The van der Waals surface area contributed by atoms with E-state index >= 15 is 0 Å². The summed E-state index contributed by atoms with van der Waals surface area (Å²) >= 11 is 0. The van der Waals surface area contributed by atoms with Gasteiger partial charge in [0.2, 0.25) is 0 Å². The monoisotopic (exact) mass is 182 g/mol. The molecule has 0 aliphatic heterocycles. The predicted octanol–water partition coefficient (Wildman–Crippen LogP) is 3.04. The minimum atomic E-state index is -3.14. The van der Waals surface area contributed by atoms with Crippen LogP contribution in [0.25, 0.3) is 0 Å². The summed E-state index contributed by atoms with van der Waals surface area (Å²) in [6.45, 7) is 0. The van der Waals surface area contributed by atoms with Gasteiger partial charge in [0.25, 0.3) is 6.43 Å². The van der Waals surface area contributed by atoms with Crippen molar-refractivity contribution in [3.63, 3.8) is 0 Å². The van der Waals surface area contributed by atoms with E-state index in [-0.39, 0.29) is 0 Å². The largest absolute Gasteiger partial charge is 0.266 e. The van der Waals surface area contributed by atoms with E-state index in [1.165, 1.54) is 0 Å². The van der Waals surface area contributed by atoms with E-state index in [0.29, 0.717) is 12.1 Å². The molecule has 0 bridgehead atoms. The maximum absolute atomic E-state index is 12.4. The van der Waals surface area contributed by atoms with Gasteiger partial charge in [-0.25, -0.2) is 22.0 Å². The lowest BCUT2D eigenvalue weighted by molar-refractivity contribution is 0.144. The quantitative estimate of drug-likeness (QED) is 0.462. The minimum Gasteiger partial charge on any atom is -0.205 e. The van der Waals surface area contributed by atoms with Crippen molar-refractivity contribution in [2.75, 3.05) is 0 Å². The molecule has 0 amide bonds. The van der Waals surface area contributed by atoms with Gasteiger partial charge in [0.1, 0.15) is 0 Å². The van der Waals surface area contributed by atoms with Gasteiger partial charge in [-0.2, -0.15) is 0 Å². The van der Waals surface area contributed by atoms with Crippen LogP contribution in [0.2, 0.25) is 0 Å². The number of halogens is 5. The molecule has 1 aromatic rings. The summed E-state index contributed by atoms with van der Waals surface area (Å²) in [7, 11) is 0. The Morgan fingerprint density at radius 1 is 0.917 bits per heavy atom. The van der Waals surface area contributed by atoms with Gasteiger partial charge in [0, 0.05) is 0 Å². The van der Waals surface area contributed by atoms with Crippen molar-refractivity contribution in [3.05, 3.63) is 35.1 Å². The first kappa shape index (κ1) is 8.96. The van der Waals surface area contributed by atoms with Crippen LogP contribution >= 0.6 is 0 Å². The summed E-state index contributed by atoms with van der Waals surface area (Å²) in [6.07, 6.45) is -3.14. The number of hydrogen-bond donors (Lipinski definition) is 0. The number of alkyl halides is 2.